The average molecular weight is 363 g/mol. The van der Waals surface area contributed by atoms with Gasteiger partial charge >= 0.3 is 35.5 Å². The van der Waals surface area contributed by atoms with Crippen LogP contribution in [0.5, 0.6) is 0 Å². The summed E-state index contributed by atoms with van der Waals surface area (Å²) in [4.78, 5) is 43.0. The van der Waals surface area contributed by atoms with Crippen LogP contribution < -0.4 is 29.6 Å². The molecule has 0 bridgehead atoms. The molecule has 0 unspecified atom stereocenters. The number of carboxylic acid groups (broad SMARTS) is 1. The SMILES string of the molecule is CC(=O)N1C[C@H]2CC(/C=C/c3cccnc3)=C(C(=O)O)N3C(=O)[C@@H]1[C@@H]23.[H-].[Na+]. The number of hydrogen-bond acceptors (Lipinski definition) is 4. The Labute approximate surface area is 174 Å². The molecule has 3 aliphatic rings. The number of aliphatic carboxylic acids is 1. The number of rotatable bonds is 3. The number of pyridine rings is 1. The van der Waals surface area contributed by atoms with Crippen LogP contribution in [0.1, 0.15) is 20.3 Å². The normalized spacial score (nSPS) is 26.5. The van der Waals surface area contributed by atoms with Crippen LogP contribution in [0, 0.1) is 5.92 Å². The summed E-state index contributed by atoms with van der Waals surface area (Å²) in [5, 5.41) is 9.64. The molecule has 0 aromatic carbocycles. The Morgan fingerprint density at radius 3 is 2.77 bits per heavy atom. The predicted molar refractivity (Wildman–Crippen MR) is 89.0 cm³/mol. The second kappa shape index (κ2) is 6.98. The summed E-state index contributed by atoms with van der Waals surface area (Å²) >= 11 is 0. The van der Waals surface area contributed by atoms with Crippen LogP contribution in [0.2, 0.25) is 0 Å². The minimum Gasteiger partial charge on any atom is -1.00 e. The van der Waals surface area contributed by atoms with Gasteiger partial charge in [0.2, 0.25) is 5.91 Å². The molecule has 130 valence electrons. The number of nitrogens with zero attached hydrogens (tertiary/aromatic N) is 3. The van der Waals surface area contributed by atoms with E-state index in [2.05, 4.69) is 4.98 Å². The van der Waals surface area contributed by atoms with Gasteiger partial charge in [0.25, 0.3) is 5.91 Å². The smallest absolute Gasteiger partial charge is 1.00 e. The van der Waals surface area contributed by atoms with Crippen LogP contribution in [0.15, 0.2) is 41.9 Å². The van der Waals surface area contributed by atoms with Crippen molar-refractivity contribution >= 4 is 23.9 Å². The van der Waals surface area contributed by atoms with Crippen LogP contribution >= 0.6 is 0 Å². The largest absolute Gasteiger partial charge is 1.00 e. The molecule has 4 heterocycles. The zero-order valence-electron chi connectivity index (χ0n) is 15.6. The summed E-state index contributed by atoms with van der Waals surface area (Å²) in [7, 11) is 0. The topological polar surface area (TPSA) is 90.8 Å². The molecule has 7 nitrogen and oxygen atoms in total. The zero-order valence-corrected chi connectivity index (χ0v) is 16.6. The van der Waals surface area contributed by atoms with Crippen molar-refractivity contribution in [2.24, 2.45) is 5.92 Å². The van der Waals surface area contributed by atoms with E-state index in [9.17, 15) is 19.5 Å². The quantitative estimate of drug-likeness (QED) is 0.496. The van der Waals surface area contributed by atoms with Gasteiger partial charge in [0, 0.05) is 31.8 Å². The Morgan fingerprint density at radius 2 is 2.15 bits per heavy atom. The second-order valence-corrected chi connectivity index (χ2v) is 6.58. The van der Waals surface area contributed by atoms with Gasteiger partial charge in [-0.3, -0.25) is 19.5 Å². The van der Waals surface area contributed by atoms with Crippen molar-refractivity contribution in [3.63, 3.8) is 0 Å². The fourth-order valence-electron chi connectivity index (χ4n) is 4.12. The van der Waals surface area contributed by atoms with Crippen LogP contribution in [-0.2, 0) is 14.4 Å². The van der Waals surface area contributed by atoms with Crippen LogP contribution in [0.25, 0.3) is 6.08 Å². The van der Waals surface area contributed by atoms with Crippen LogP contribution in [0.4, 0.5) is 0 Å². The number of β-lactam (4-membered cyclic amide) rings is 1. The maximum absolute atomic E-state index is 12.5. The van der Waals surface area contributed by atoms with Crippen LogP contribution in [0.3, 0.4) is 0 Å². The number of carbonyl (C=O) groups is 3. The van der Waals surface area contributed by atoms with Gasteiger partial charge in [-0.2, -0.15) is 0 Å². The summed E-state index contributed by atoms with van der Waals surface area (Å²) < 4.78 is 0. The van der Waals surface area contributed by atoms with Crippen LogP contribution in [-0.4, -0.2) is 56.3 Å². The summed E-state index contributed by atoms with van der Waals surface area (Å²) in [6, 6.07) is 2.96. The Hall–Kier alpha value is -1.96. The summed E-state index contributed by atoms with van der Waals surface area (Å²) in [6.07, 6.45) is 7.42. The van der Waals surface area contributed by atoms with Crippen molar-refractivity contribution in [2.45, 2.75) is 25.4 Å². The molecule has 3 aliphatic heterocycles. The molecule has 2 fully saturated rings. The van der Waals surface area contributed by atoms with Crippen molar-refractivity contribution in [1.29, 1.82) is 0 Å². The number of likely N-dealkylation sites (tertiary alicyclic amines) is 1. The van der Waals surface area contributed by atoms with Gasteiger partial charge in [-0.25, -0.2) is 4.79 Å². The fourth-order valence-corrected chi connectivity index (χ4v) is 4.12. The number of allylic oxidation sites excluding steroid dienone is 2. The van der Waals surface area contributed by atoms with Gasteiger partial charge < -0.3 is 11.4 Å². The molecule has 3 atom stereocenters. The summed E-state index contributed by atoms with van der Waals surface area (Å²) in [5.41, 5.74) is 1.49. The van der Waals surface area contributed by atoms with Gasteiger partial charge in [0.1, 0.15) is 11.7 Å². The van der Waals surface area contributed by atoms with Crippen molar-refractivity contribution in [3.05, 3.63) is 47.4 Å². The number of amides is 2. The Bertz CT molecular complexity index is 842. The van der Waals surface area contributed by atoms with E-state index in [4.69, 9.17) is 0 Å². The molecule has 2 amide bonds. The van der Waals surface area contributed by atoms with E-state index in [0.717, 1.165) is 5.56 Å². The molecular weight excluding hydrogens is 345 g/mol. The monoisotopic (exact) mass is 363 g/mol. The first kappa shape index (κ1) is 18.8. The van der Waals surface area contributed by atoms with Crippen molar-refractivity contribution < 1.29 is 50.5 Å². The van der Waals surface area contributed by atoms with Gasteiger partial charge in [-0.1, -0.05) is 18.2 Å². The Morgan fingerprint density at radius 1 is 1.38 bits per heavy atom. The van der Waals surface area contributed by atoms with E-state index in [-0.39, 0.29) is 60.5 Å². The van der Waals surface area contributed by atoms with Crippen molar-refractivity contribution in [1.82, 2.24) is 14.8 Å². The summed E-state index contributed by atoms with van der Waals surface area (Å²) in [6.45, 7) is 1.94. The van der Waals surface area contributed by atoms with E-state index in [0.29, 0.717) is 18.5 Å². The third-order valence-electron chi connectivity index (χ3n) is 5.16. The number of carboxylic acids is 1. The van der Waals surface area contributed by atoms with Gasteiger partial charge in [-0.15, -0.1) is 0 Å². The number of carbonyl (C=O) groups excluding carboxylic acids is 2. The molecule has 26 heavy (non-hydrogen) atoms. The van der Waals surface area contributed by atoms with E-state index in [1.165, 1.54) is 11.8 Å². The molecule has 0 spiro atoms. The predicted octanol–water partition coefficient (Wildman–Crippen LogP) is -1.99. The standard InChI is InChI=1S/C18H17N3O4.Na.H/c1-10(22)20-9-13-7-12(5-4-11-3-2-6-19-8-11)15(18(24)25)21-14(13)16(20)17(21)23;;/h2-6,8,13-14,16H,7,9H2,1H3,(H,24,25);;/q;+1;-1/b5-4+;;/t13-,14-,16+;;/m1../s1. The molecule has 0 radical (unpaired) electrons. The first-order valence-corrected chi connectivity index (χ1v) is 8.14. The number of aromatic nitrogens is 1. The first-order valence-electron chi connectivity index (χ1n) is 8.14. The average Bonchev–Trinajstić information content (AvgIpc) is 2.96. The maximum Gasteiger partial charge on any atom is 1.00 e. The van der Waals surface area contributed by atoms with Gasteiger partial charge in [0.05, 0.1) is 6.04 Å². The fraction of sp³-hybridized carbons (Fsp3) is 0.333. The molecule has 0 saturated carbocycles. The summed E-state index contributed by atoms with van der Waals surface area (Å²) in [5.74, 6) is -1.48. The minimum atomic E-state index is -1.11. The molecule has 0 aliphatic carbocycles. The Kier molecular flexibility index (Phi) is 5.05. The maximum atomic E-state index is 12.5. The van der Waals surface area contributed by atoms with Gasteiger partial charge in [-0.05, 0) is 23.6 Å². The van der Waals surface area contributed by atoms with E-state index < -0.39 is 12.0 Å². The molecule has 2 saturated heterocycles. The molecule has 8 heteroatoms. The van der Waals surface area contributed by atoms with E-state index in [1.54, 1.807) is 35.5 Å². The molecule has 1 aromatic heterocycles. The van der Waals surface area contributed by atoms with E-state index >= 15 is 0 Å². The second-order valence-electron chi connectivity index (χ2n) is 6.58. The third kappa shape index (κ3) is 2.80. The molecule has 4 rings (SSSR count). The molecule has 1 aromatic rings. The van der Waals surface area contributed by atoms with Gasteiger partial charge in [0.15, 0.2) is 0 Å². The third-order valence-corrected chi connectivity index (χ3v) is 5.16. The first-order chi connectivity index (χ1) is 12.0. The van der Waals surface area contributed by atoms with Crippen molar-refractivity contribution in [2.75, 3.05) is 6.54 Å². The zero-order chi connectivity index (χ0) is 17.7. The van der Waals surface area contributed by atoms with Crippen molar-refractivity contribution in [3.8, 4) is 0 Å². The molecule has 1 N–H and O–H groups in total. The molecular formula is C18H18N3NaO4. The minimum absolute atomic E-state index is 0. The number of hydrogen-bond donors (Lipinski definition) is 1. The Balaban J connectivity index is 0.00000131. The van der Waals surface area contributed by atoms with E-state index in [1.807, 2.05) is 6.07 Å².